The summed E-state index contributed by atoms with van der Waals surface area (Å²) in [5, 5.41) is 16.0. The molecule has 0 radical (unpaired) electrons. The van der Waals surface area contributed by atoms with Crippen LogP contribution in [0, 0.1) is 5.41 Å². The average molecular weight is 261 g/mol. The molecule has 1 aromatic heterocycles. The van der Waals surface area contributed by atoms with Crippen molar-refractivity contribution < 1.29 is 9.90 Å². The highest BCUT2D eigenvalue weighted by atomic mass is 32.1. The van der Waals surface area contributed by atoms with Crippen LogP contribution in [0.5, 0.6) is 0 Å². The zero-order valence-corrected chi connectivity index (χ0v) is 10.8. The molecule has 2 heterocycles. The van der Waals surface area contributed by atoms with E-state index < -0.39 is 11.4 Å². The van der Waals surface area contributed by atoms with Crippen molar-refractivity contribution in [2.75, 3.05) is 13.1 Å². The van der Waals surface area contributed by atoms with Crippen LogP contribution in [0.25, 0.3) is 10.1 Å². The number of nitrogens with one attached hydrogen (secondary N) is 1. The maximum atomic E-state index is 11.5. The number of fused-ring (bicyclic) bond motifs is 1. The Hall–Kier alpha value is -1.39. The molecule has 0 aliphatic carbocycles. The van der Waals surface area contributed by atoms with Crippen LogP contribution in [-0.4, -0.2) is 24.2 Å². The van der Waals surface area contributed by atoms with E-state index in [-0.39, 0.29) is 0 Å². The van der Waals surface area contributed by atoms with Gasteiger partial charge in [-0.25, -0.2) is 0 Å². The minimum absolute atomic E-state index is 0.576. The Labute approximate surface area is 109 Å². The molecule has 3 rings (SSSR count). The zero-order chi connectivity index (χ0) is 12.6. The molecule has 1 fully saturated rings. The minimum atomic E-state index is -0.678. The Kier molecular flexibility index (Phi) is 2.84. The van der Waals surface area contributed by atoms with Crippen molar-refractivity contribution in [3.05, 3.63) is 35.2 Å². The van der Waals surface area contributed by atoms with Crippen molar-refractivity contribution in [1.29, 1.82) is 0 Å². The van der Waals surface area contributed by atoms with Crippen LogP contribution >= 0.6 is 11.3 Å². The lowest BCUT2D eigenvalue weighted by atomic mass is 9.81. The number of thiophene rings is 1. The lowest BCUT2D eigenvalue weighted by Gasteiger charge is -2.22. The monoisotopic (exact) mass is 261 g/mol. The highest BCUT2D eigenvalue weighted by Crippen LogP contribution is 2.35. The Morgan fingerprint density at radius 1 is 1.44 bits per heavy atom. The fraction of sp³-hybridized carbons (Fsp3) is 0.357. The van der Waals surface area contributed by atoms with Gasteiger partial charge in [-0.1, -0.05) is 18.2 Å². The van der Waals surface area contributed by atoms with E-state index in [0.717, 1.165) is 6.54 Å². The third kappa shape index (κ3) is 1.82. The summed E-state index contributed by atoms with van der Waals surface area (Å²) in [5.74, 6) is -0.678. The lowest BCUT2D eigenvalue weighted by Crippen LogP contribution is -2.35. The van der Waals surface area contributed by atoms with Crippen molar-refractivity contribution in [2.24, 2.45) is 5.41 Å². The Bertz CT molecular complexity index is 584. The molecule has 3 nitrogen and oxygen atoms in total. The van der Waals surface area contributed by atoms with E-state index in [1.165, 1.54) is 15.6 Å². The maximum absolute atomic E-state index is 11.5. The number of hydrogen-bond acceptors (Lipinski definition) is 3. The van der Waals surface area contributed by atoms with Gasteiger partial charge in [0.15, 0.2) is 0 Å². The first-order valence-electron chi connectivity index (χ1n) is 6.10. The van der Waals surface area contributed by atoms with Crippen molar-refractivity contribution in [3.8, 4) is 0 Å². The van der Waals surface area contributed by atoms with Crippen molar-refractivity contribution in [3.63, 3.8) is 0 Å². The maximum Gasteiger partial charge on any atom is 0.311 e. The van der Waals surface area contributed by atoms with Gasteiger partial charge >= 0.3 is 5.97 Å². The Morgan fingerprint density at radius 3 is 3.00 bits per heavy atom. The van der Waals surface area contributed by atoms with Crippen LogP contribution < -0.4 is 5.32 Å². The molecule has 4 heteroatoms. The SMILES string of the molecule is O=C(O)C1(Cc2csc3ccccc23)CCNC1. The third-order valence-corrected chi connectivity index (χ3v) is 4.80. The highest BCUT2D eigenvalue weighted by molar-refractivity contribution is 7.17. The van der Waals surface area contributed by atoms with Gasteiger partial charge in [0, 0.05) is 11.2 Å². The van der Waals surface area contributed by atoms with Crippen LogP contribution in [-0.2, 0) is 11.2 Å². The minimum Gasteiger partial charge on any atom is -0.481 e. The largest absolute Gasteiger partial charge is 0.481 e. The van der Waals surface area contributed by atoms with E-state index >= 15 is 0 Å². The second-order valence-electron chi connectivity index (χ2n) is 4.95. The van der Waals surface area contributed by atoms with Gasteiger partial charge in [0.2, 0.25) is 0 Å². The third-order valence-electron chi connectivity index (χ3n) is 3.79. The van der Waals surface area contributed by atoms with Gasteiger partial charge in [-0.3, -0.25) is 4.79 Å². The number of carboxylic acids is 1. The predicted molar refractivity (Wildman–Crippen MR) is 73.1 cm³/mol. The smallest absolute Gasteiger partial charge is 0.311 e. The molecule has 94 valence electrons. The zero-order valence-electron chi connectivity index (χ0n) is 9.98. The van der Waals surface area contributed by atoms with Gasteiger partial charge in [0.1, 0.15) is 0 Å². The van der Waals surface area contributed by atoms with Crippen molar-refractivity contribution in [1.82, 2.24) is 5.32 Å². The van der Waals surface area contributed by atoms with Crippen molar-refractivity contribution >= 4 is 27.4 Å². The summed E-state index contributed by atoms with van der Waals surface area (Å²) in [4.78, 5) is 11.5. The van der Waals surface area contributed by atoms with Gasteiger partial charge in [0.25, 0.3) is 0 Å². The lowest BCUT2D eigenvalue weighted by molar-refractivity contribution is -0.147. The molecule has 2 N–H and O–H groups in total. The average Bonchev–Trinajstić information content (AvgIpc) is 2.99. The van der Waals surface area contributed by atoms with Crippen molar-refractivity contribution in [2.45, 2.75) is 12.8 Å². The number of aliphatic carboxylic acids is 1. The number of rotatable bonds is 3. The second-order valence-corrected chi connectivity index (χ2v) is 5.86. The fourth-order valence-electron chi connectivity index (χ4n) is 2.69. The van der Waals surface area contributed by atoms with Crippen LogP contribution in [0.3, 0.4) is 0 Å². The van der Waals surface area contributed by atoms with E-state index in [0.29, 0.717) is 19.4 Å². The van der Waals surface area contributed by atoms with Gasteiger partial charge in [-0.05, 0) is 41.8 Å². The summed E-state index contributed by atoms with van der Waals surface area (Å²) in [6.07, 6.45) is 1.34. The molecule has 1 atom stereocenters. The molecule has 0 amide bonds. The highest BCUT2D eigenvalue weighted by Gasteiger charge is 2.41. The number of carboxylic acid groups (broad SMARTS) is 1. The standard InChI is InChI=1S/C14H15NO2S/c16-13(17)14(5-6-15-9-14)7-10-8-18-12-4-2-1-3-11(10)12/h1-4,8,15H,5-7,9H2,(H,16,17). The van der Waals surface area contributed by atoms with Crippen LogP contribution in [0.4, 0.5) is 0 Å². The molecule has 18 heavy (non-hydrogen) atoms. The van der Waals surface area contributed by atoms with Gasteiger partial charge in [-0.15, -0.1) is 11.3 Å². The Balaban J connectivity index is 1.98. The first-order valence-corrected chi connectivity index (χ1v) is 6.98. The molecule has 1 unspecified atom stereocenters. The summed E-state index contributed by atoms with van der Waals surface area (Å²) in [6, 6.07) is 8.20. The van der Waals surface area contributed by atoms with E-state index in [1.54, 1.807) is 11.3 Å². The quantitative estimate of drug-likeness (QED) is 0.892. The number of benzene rings is 1. The second kappa shape index (κ2) is 4.37. The predicted octanol–water partition coefficient (Wildman–Crippen LogP) is 2.51. The number of carbonyl (C=O) groups is 1. The molecule has 0 spiro atoms. The molecular weight excluding hydrogens is 246 g/mol. The normalized spacial score (nSPS) is 23.6. The first kappa shape index (κ1) is 11.7. The fourth-order valence-corrected chi connectivity index (χ4v) is 3.65. The van der Waals surface area contributed by atoms with Crippen LogP contribution in [0.1, 0.15) is 12.0 Å². The van der Waals surface area contributed by atoms with E-state index in [9.17, 15) is 9.90 Å². The van der Waals surface area contributed by atoms with E-state index in [4.69, 9.17) is 0 Å². The van der Waals surface area contributed by atoms with Crippen LogP contribution in [0.15, 0.2) is 29.6 Å². The van der Waals surface area contributed by atoms with E-state index in [2.05, 4.69) is 22.8 Å². The van der Waals surface area contributed by atoms with Gasteiger partial charge in [0.05, 0.1) is 5.41 Å². The summed E-state index contributed by atoms with van der Waals surface area (Å²) >= 11 is 1.69. The summed E-state index contributed by atoms with van der Waals surface area (Å²) in [7, 11) is 0. The molecule has 0 saturated carbocycles. The first-order chi connectivity index (χ1) is 8.71. The Morgan fingerprint density at radius 2 is 2.28 bits per heavy atom. The van der Waals surface area contributed by atoms with E-state index in [1.807, 2.05) is 12.1 Å². The van der Waals surface area contributed by atoms with Crippen LogP contribution in [0.2, 0.25) is 0 Å². The van der Waals surface area contributed by atoms with Gasteiger partial charge < -0.3 is 10.4 Å². The molecular formula is C14H15NO2S. The molecule has 1 aromatic carbocycles. The topological polar surface area (TPSA) is 49.3 Å². The molecule has 1 aliphatic rings. The molecule has 1 aliphatic heterocycles. The molecule has 0 bridgehead atoms. The summed E-state index contributed by atoms with van der Waals surface area (Å²) in [6.45, 7) is 1.38. The summed E-state index contributed by atoms with van der Waals surface area (Å²) in [5.41, 5.74) is 0.547. The van der Waals surface area contributed by atoms with Gasteiger partial charge in [-0.2, -0.15) is 0 Å². The summed E-state index contributed by atoms with van der Waals surface area (Å²) < 4.78 is 1.24. The molecule has 2 aromatic rings. The molecule has 1 saturated heterocycles. The number of hydrogen-bond donors (Lipinski definition) is 2.